The maximum atomic E-state index is 9.71. The second-order valence-corrected chi connectivity index (χ2v) is 9.12. The maximum Gasteiger partial charge on any atom is 0.159 e. The van der Waals surface area contributed by atoms with Crippen LogP contribution in [0, 0.1) is 16.7 Å². The second-order valence-electron chi connectivity index (χ2n) is 9.12. The van der Waals surface area contributed by atoms with Gasteiger partial charge in [-0.2, -0.15) is 5.26 Å². The van der Waals surface area contributed by atoms with Gasteiger partial charge in [0.15, 0.2) is 5.82 Å². The Labute approximate surface area is 183 Å². The molecule has 0 saturated heterocycles. The molecule has 1 aromatic carbocycles. The van der Waals surface area contributed by atoms with E-state index in [1.807, 2.05) is 12.4 Å². The molecule has 1 saturated carbocycles. The highest BCUT2D eigenvalue weighted by Gasteiger charge is 2.35. The minimum Gasteiger partial charge on any atom is -0.236 e. The SMILES string of the molecule is CCCCCCc1cnc(-c2ccc([C@H]3CC[C@@](C#N)(CCCC)CC3)cc2)nc1. The molecule has 3 heteroatoms. The summed E-state index contributed by atoms with van der Waals surface area (Å²) in [6, 6.07) is 11.5. The van der Waals surface area contributed by atoms with Crippen molar-refractivity contribution in [3.8, 4) is 17.5 Å². The van der Waals surface area contributed by atoms with E-state index in [9.17, 15) is 5.26 Å². The minimum absolute atomic E-state index is 0.0709. The van der Waals surface area contributed by atoms with Crippen LogP contribution in [0.5, 0.6) is 0 Å². The number of aryl methyl sites for hydroxylation is 1. The van der Waals surface area contributed by atoms with E-state index in [1.165, 1.54) is 49.7 Å². The van der Waals surface area contributed by atoms with Gasteiger partial charge in [-0.05, 0) is 62.0 Å². The van der Waals surface area contributed by atoms with Crippen LogP contribution in [0.4, 0.5) is 0 Å². The van der Waals surface area contributed by atoms with E-state index in [2.05, 4.69) is 54.2 Å². The van der Waals surface area contributed by atoms with Crippen LogP contribution in [0.3, 0.4) is 0 Å². The number of nitrogens with zero attached hydrogens (tertiary/aromatic N) is 3. The number of rotatable bonds is 10. The highest BCUT2D eigenvalue weighted by Crippen LogP contribution is 2.45. The lowest BCUT2D eigenvalue weighted by atomic mass is 9.67. The molecule has 1 aliphatic carbocycles. The lowest BCUT2D eigenvalue weighted by Gasteiger charge is -2.35. The lowest BCUT2D eigenvalue weighted by Crippen LogP contribution is -2.25. The molecule has 0 N–H and O–H groups in total. The van der Waals surface area contributed by atoms with Crippen LogP contribution >= 0.6 is 0 Å². The summed E-state index contributed by atoms with van der Waals surface area (Å²) in [6.07, 6.45) is 17.9. The Morgan fingerprint density at radius 3 is 2.20 bits per heavy atom. The summed E-state index contributed by atoms with van der Waals surface area (Å²) in [4.78, 5) is 9.20. The van der Waals surface area contributed by atoms with Gasteiger partial charge < -0.3 is 0 Å². The third kappa shape index (κ3) is 5.91. The predicted octanol–water partition coefficient (Wildman–Crippen LogP) is 7.62. The fourth-order valence-corrected chi connectivity index (χ4v) is 4.73. The number of unbranched alkanes of at least 4 members (excludes halogenated alkanes) is 4. The van der Waals surface area contributed by atoms with Gasteiger partial charge in [-0.15, -0.1) is 0 Å². The summed E-state index contributed by atoms with van der Waals surface area (Å²) in [5.74, 6) is 1.39. The predicted molar refractivity (Wildman–Crippen MR) is 124 cm³/mol. The third-order valence-corrected chi connectivity index (χ3v) is 6.85. The van der Waals surface area contributed by atoms with Gasteiger partial charge in [0.1, 0.15) is 0 Å². The van der Waals surface area contributed by atoms with E-state index >= 15 is 0 Å². The summed E-state index contributed by atoms with van der Waals surface area (Å²) in [5.41, 5.74) is 3.64. The molecule has 30 heavy (non-hydrogen) atoms. The third-order valence-electron chi connectivity index (χ3n) is 6.85. The fraction of sp³-hybridized carbons (Fsp3) is 0.593. The van der Waals surface area contributed by atoms with E-state index in [0.29, 0.717) is 5.92 Å². The largest absolute Gasteiger partial charge is 0.236 e. The normalized spacial score (nSPS) is 21.3. The van der Waals surface area contributed by atoms with Gasteiger partial charge >= 0.3 is 0 Å². The smallest absolute Gasteiger partial charge is 0.159 e. The summed E-state index contributed by atoms with van der Waals surface area (Å²) >= 11 is 0. The molecule has 0 aliphatic heterocycles. The molecule has 1 heterocycles. The number of aromatic nitrogens is 2. The van der Waals surface area contributed by atoms with Crippen LogP contribution in [-0.2, 0) is 6.42 Å². The van der Waals surface area contributed by atoms with Crippen molar-refractivity contribution < 1.29 is 0 Å². The Morgan fingerprint density at radius 1 is 0.933 bits per heavy atom. The lowest BCUT2D eigenvalue weighted by molar-refractivity contribution is 0.224. The molecule has 0 amide bonds. The monoisotopic (exact) mass is 403 g/mol. The molecule has 0 unspecified atom stereocenters. The average molecular weight is 404 g/mol. The molecule has 0 spiro atoms. The summed E-state index contributed by atoms with van der Waals surface area (Å²) in [5, 5.41) is 9.71. The van der Waals surface area contributed by atoms with Gasteiger partial charge in [0.2, 0.25) is 0 Å². The van der Waals surface area contributed by atoms with Crippen molar-refractivity contribution in [1.82, 2.24) is 9.97 Å². The zero-order valence-corrected chi connectivity index (χ0v) is 18.9. The molecule has 1 fully saturated rings. The molecular formula is C27H37N3. The highest BCUT2D eigenvalue weighted by molar-refractivity contribution is 5.55. The van der Waals surface area contributed by atoms with Crippen molar-refractivity contribution in [2.45, 2.75) is 96.8 Å². The summed E-state index contributed by atoms with van der Waals surface area (Å²) in [7, 11) is 0. The van der Waals surface area contributed by atoms with Crippen LogP contribution in [0.2, 0.25) is 0 Å². The van der Waals surface area contributed by atoms with Gasteiger partial charge in [-0.1, -0.05) is 70.2 Å². The second kappa shape index (κ2) is 11.3. The van der Waals surface area contributed by atoms with Crippen molar-refractivity contribution in [3.05, 3.63) is 47.8 Å². The molecule has 160 valence electrons. The van der Waals surface area contributed by atoms with Crippen molar-refractivity contribution in [2.75, 3.05) is 0 Å². The van der Waals surface area contributed by atoms with E-state index in [-0.39, 0.29) is 5.41 Å². The summed E-state index contributed by atoms with van der Waals surface area (Å²) in [6.45, 7) is 4.45. The first-order chi connectivity index (χ1) is 14.7. The first-order valence-electron chi connectivity index (χ1n) is 12.0. The van der Waals surface area contributed by atoms with Gasteiger partial charge in [0.05, 0.1) is 11.5 Å². The van der Waals surface area contributed by atoms with Crippen LogP contribution in [0.15, 0.2) is 36.7 Å². The Bertz CT molecular complexity index is 793. The Hall–Kier alpha value is -2.21. The van der Waals surface area contributed by atoms with Gasteiger partial charge in [-0.25, -0.2) is 9.97 Å². The van der Waals surface area contributed by atoms with Gasteiger partial charge in [0, 0.05) is 18.0 Å². The molecule has 0 radical (unpaired) electrons. The zero-order valence-electron chi connectivity index (χ0n) is 18.9. The standard InChI is InChI=1S/C27H37N3/c1-3-5-7-8-9-22-19-29-26(30-20-22)25-12-10-23(11-13-25)24-14-17-27(21-28,18-15-24)16-6-4-2/h10-13,19-20,24H,3-9,14-18H2,1-2H3/t24-,27-. The quantitative estimate of drug-likeness (QED) is 0.383. The number of nitriles is 1. The van der Waals surface area contributed by atoms with E-state index in [0.717, 1.165) is 49.9 Å². The first-order valence-corrected chi connectivity index (χ1v) is 12.0. The van der Waals surface area contributed by atoms with E-state index in [1.54, 1.807) is 0 Å². The molecule has 1 aromatic heterocycles. The van der Waals surface area contributed by atoms with Gasteiger partial charge in [0.25, 0.3) is 0 Å². The first kappa shape index (κ1) is 22.5. The van der Waals surface area contributed by atoms with E-state index < -0.39 is 0 Å². The molecule has 0 atom stereocenters. The molecule has 3 rings (SSSR count). The minimum atomic E-state index is -0.0709. The van der Waals surface area contributed by atoms with Crippen LogP contribution in [0.1, 0.15) is 102 Å². The topological polar surface area (TPSA) is 49.6 Å². The fourth-order valence-electron chi connectivity index (χ4n) is 4.73. The van der Waals surface area contributed by atoms with Crippen LogP contribution in [-0.4, -0.2) is 9.97 Å². The molecule has 3 nitrogen and oxygen atoms in total. The number of hydrogen-bond acceptors (Lipinski definition) is 3. The Balaban J connectivity index is 1.56. The number of hydrogen-bond donors (Lipinski definition) is 0. The molecule has 2 aromatic rings. The molecule has 0 bridgehead atoms. The van der Waals surface area contributed by atoms with Crippen molar-refractivity contribution in [3.63, 3.8) is 0 Å². The zero-order chi connectivity index (χ0) is 21.2. The Kier molecular flexibility index (Phi) is 8.43. The van der Waals surface area contributed by atoms with Crippen LogP contribution < -0.4 is 0 Å². The van der Waals surface area contributed by atoms with E-state index in [4.69, 9.17) is 0 Å². The maximum absolute atomic E-state index is 9.71. The number of benzene rings is 1. The van der Waals surface area contributed by atoms with Crippen molar-refractivity contribution in [2.24, 2.45) is 5.41 Å². The summed E-state index contributed by atoms with van der Waals surface area (Å²) < 4.78 is 0. The van der Waals surface area contributed by atoms with Gasteiger partial charge in [-0.3, -0.25) is 0 Å². The van der Waals surface area contributed by atoms with Crippen LogP contribution in [0.25, 0.3) is 11.4 Å². The highest BCUT2D eigenvalue weighted by atomic mass is 14.9. The van der Waals surface area contributed by atoms with Crippen molar-refractivity contribution >= 4 is 0 Å². The molecule has 1 aliphatic rings. The van der Waals surface area contributed by atoms with Crippen molar-refractivity contribution in [1.29, 1.82) is 5.26 Å². The Morgan fingerprint density at radius 2 is 1.60 bits per heavy atom. The average Bonchev–Trinajstić information content (AvgIpc) is 2.81. The molecular weight excluding hydrogens is 366 g/mol.